The van der Waals surface area contributed by atoms with Crippen LogP contribution in [0.2, 0.25) is 5.02 Å². The van der Waals surface area contributed by atoms with Crippen LogP contribution in [0.4, 0.5) is 4.79 Å². The summed E-state index contributed by atoms with van der Waals surface area (Å²) in [4.78, 5) is 37.0. The number of ether oxygens (including phenoxy) is 2. The van der Waals surface area contributed by atoms with Gasteiger partial charge >= 0.3 is 17.7 Å². The number of amides is 1. The van der Waals surface area contributed by atoms with E-state index in [-0.39, 0.29) is 28.9 Å². The predicted molar refractivity (Wildman–Crippen MR) is 126 cm³/mol. The van der Waals surface area contributed by atoms with Gasteiger partial charge in [0.1, 0.15) is 18.2 Å². The summed E-state index contributed by atoms with van der Waals surface area (Å²) in [6, 6.07) is 12.7. The molecule has 0 saturated carbocycles. The number of benzene rings is 2. The van der Waals surface area contributed by atoms with Crippen LogP contribution in [0, 0.1) is 5.92 Å². The molecule has 174 valence electrons. The topological polar surface area (TPSA) is 94.8 Å². The first-order valence-corrected chi connectivity index (χ1v) is 11.1. The minimum atomic E-state index is -0.974. The number of alkyl carbamates (subject to hydrolysis) is 1. The Kier molecular flexibility index (Phi) is 8.11. The maximum absolute atomic E-state index is 12.8. The van der Waals surface area contributed by atoms with Crippen molar-refractivity contribution in [2.45, 2.75) is 46.3 Å². The zero-order chi connectivity index (χ0) is 24.0. The first-order chi connectivity index (χ1) is 15.8. The number of aryl methyl sites for hydroxylation is 1. The molecule has 0 fully saturated rings. The molecule has 1 amide bonds. The van der Waals surface area contributed by atoms with Crippen LogP contribution < -0.4 is 15.7 Å². The summed E-state index contributed by atoms with van der Waals surface area (Å²) in [5, 5.41) is 3.42. The second kappa shape index (κ2) is 11.0. The molecule has 1 aromatic heterocycles. The van der Waals surface area contributed by atoms with Gasteiger partial charge in [0.25, 0.3) is 0 Å². The molecule has 0 saturated heterocycles. The summed E-state index contributed by atoms with van der Waals surface area (Å²) in [6.45, 7) is 5.60. The molecule has 0 spiro atoms. The van der Waals surface area contributed by atoms with Gasteiger partial charge in [0, 0.05) is 17.5 Å². The van der Waals surface area contributed by atoms with Gasteiger partial charge in [0.05, 0.1) is 5.02 Å². The second-order valence-electron chi connectivity index (χ2n) is 7.97. The van der Waals surface area contributed by atoms with Crippen molar-refractivity contribution < 1.29 is 23.5 Å². The monoisotopic (exact) mass is 471 g/mol. The molecule has 0 aliphatic carbocycles. The first kappa shape index (κ1) is 24.3. The summed E-state index contributed by atoms with van der Waals surface area (Å²) in [5.74, 6) is -0.957. The lowest BCUT2D eigenvalue weighted by Crippen LogP contribution is -2.46. The number of halogens is 1. The van der Waals surface area contributed by atoms with Crippen molar-refractivity contribution in [1.82, 2.24) is 5.32 Å². The van der Waals surface area contributed by atoms with Crippen LogP contribution >= 0.6 is 11.6 Å². The van der Waals surface area contributed by atoms with Gasteiger partial charge < -0.3 is 19.2 Å². The Morgan fingerprint density at radius 2 is 1.85 bits per heavy atom. The van der Waals surface area contributed by atoms with E-state index < -0.39 is 23.7 Å². The molecule has 0 aliphatic rings. The molecule has 0 aliphatic heterocycles. The van der Waals surface area contributed by atoms with Gasteiger partial charge in [-0.3, -0.25) is 0 Å². The molecule has 1 heterocycles. The summed E-state index contributed by atoms with van der Waals surface area (Å²) in [6.07, 6.45) is 0.783. The van der Waals surface area contributed by atoms with Gasteiger partial charge in [-0.25, -0.2) is 14.4 Å². The van der Waals surface area contributed by atoms with Crippen molar-refractivity contribution in [3.8, 4) is 5.75 Å². The third-order valence-electron chi connectivity index (χ3n) is 5.02. The van der Waals surface area contributed by atoms with Crippen molar-refractivity contribution in [3.63, 3.8) is 0 Å². The van der Waals surface area contributed by atoms with Gasteiger partial charge in [0.2, 0.25) is 0 Å². The van der Waals surface area contributed by atoms with Crippen LogP contribution in [0.25, 0.3) is 11.0 Å². The molecule has 0 bridgehead atoms. The third-order valence-corrected chi connectivity index (χ3v) is 5.31. The van der Waals surface area contributed by atoms with E-state index in [9.17, 15) is 14.4 Å². The van der Waals surface area contributed by atoms with Gasteiger partial charge in [-0.1, -0.05) is 69.1 Å². The van der Waals surface area contributed by atoms with Gasteiger partial charge in [-0.15, -0.1) is 0 Å². The van der Waals surface area contributed by atoms with E-state index in [4.69, 9.17) is 25.5 Å². The van der Waals surface area contributed by atoms with Crippen LogP contribution in [-0.4, -0.2) is 18.1 Å². The predicted octanol–water partition coefficient (Wildman–Crippen LogP) is 5.26. The molecular formula is C25H26ClNO6. The van der Waals surface area contributed by atoms with E-state index in [2.05, 4.69) is 5.32 Å². The number of carbonyl (C=O) groups excluding carboxylic acids is 2. The standard InChI is InChI=1S/C25H26ClNO6/c1-4-8-17-11-22(28)32-20-13-21(19(26)12-18(17)20)33-24(29)23(15(2)3)27-25(30)31-14-16-9-6-5-7-10-16/h5-7,9-13,15,23H,4,8,14H2,1-3H3,(H,27,30). The highest BCUT2D eigenvalue weighted by Crippen LogP contribution is 2.32. The first-order valence-electron chi connectivity index (χ1n) is 10.7. The van der Waals surface area contributed by atoms with Gasteiger partial charge in [0.15, 0.2) is 5.75 Å². The largest absolute Gasteiger partial charge is 0.445 e. The molecule has 3 aromatic rings. The highest BCUT2D eigenvalue weighted by atomic mass is 35.5. The maximum atomic E-state index is 12.8. The number of rotatable bonds is 8. The van der Waals surface area contributed by atoms with Crippen molar-refractivity contribution >= 4 is 34.6 Å². The molecule has 1 N–H and O–H groups in total. The lowest BCUT2D eigenvalue weighted by atomic mass is 10.0. The number of fused-ring (bicyclic) bond motifs is 1. The number of nitrogens with one attached hydrogen (secondary N) is 1. The van der Waals surface area contributed by atoms with E-state index in [1.165, 1.54) is 12.1 Å². The fourth-order valence-electron chi connectivity index (χ4n) is 3.34. The van der Waals surface area contributed by atoms with Crippen LogP contribution in [0.15, 0.2) is 57.7 Å². The number of hydrogen-bond acceptors (Lipinski definition) is 6. The van der Waals surface area contributed by atoms with Gasteiger partial charge in [-0.05, 0) is 29.5 Å². The number of hydrogen-bond donors (Lipinski definition) is 1. The van der Waals surface area contributed by atoms with E-state index in [0.717, 1.165) is 17.5 Å². The van der Waals surface area contributed by atoms with Crippen LogP contribution in [0.3, 0.4) is 0 Å². The Morgan fingerprint density at radius 3 is 2.52 bits per heavy atom. The average molecular weight is 472 g/mol. The summed E-state index contributed by atoms with van der Waals surface area (Å²) in [5.41, 5.74) is 1.41. The summed E-state index contributed by atoms with van der Waals surface area (Å²) >= 11 is 6.36. The molecule has 1 unspecified atom stereocenters. The molecule has 0 radical (unpaired) electrons. The molecule has 1 atom stereocenters. The normalized spacial score (nSPS) is 11.9. The average Bonchev–Trinajstić information content (AvgIpc) is 2.77. The summed E-state index contributed by atoms with van der Waals surface area (Å²) in [7, 11) is 0. The Balaban J connectivity index is 1.75. The zero-order valence-electron chi connectivity index (χ0n) is 18.7. The smallest absolute Gasteiger partial charge is 0.408 e. The quantitative estimate of drug-likeness (QED) is 0.274. The van der Waals surface area contributed by atoms with Crippen molar-refractivity contribution in [2.24, 2.45) is 5.92 Å². The lowest BCUT2D eigenvalue weighted by Gasteiger charge is -2.21. The molecule has 33 heavy (non-hydrogen) atoms. The highest BCUT2D eigenvalue weighted by Gasteiger charge is 2.28. The van der Waals surface area contributed by atoms with E-state index in [1.54, 1.807) is 19.9 Å². The molecular weight excluding hydrogens is 446 g/mol. The van der Waals surface area contributed by atoms with Crippen LogP contribution in [0.1, 0.15) is 38.3 Å². The third kappa shape index (κ3) is 6.35. The Labute approximate surface area is 196 Å². The SMILES string of the molecule is CCCc1cc(=O)oc2cc(OC(=O)C(NC(=O)OCc3ccccc3)C(C)C)c(Cl)cc12. The Bertz CT molecular complexity index is 1190. The van der Waals surface area contributed by atoms with Crippen molar-refractivity contribution in [3.05, 3.63) is 75.1 Å². The van der Waals surface area contributed by atoms with Crippen molar-refractivity contribution in [1.29, 1.82) is 0 Å². The molecule has 3 rings (SSSR count). The fraction of sp³-hybridized carbons (Fsp3) is 0.320. The van der Waals surface area contributed by atoms with Crippen molar-refractivity contribution in [2.75, 3.05) is 0 Å². The van der Waals surface area contributed by atoms with E-state index >= 15 is 0 Å². The van der Waals surface area contributed by atoms with Gasteiger partial charge in [-0.2, -0.15) is 0 Å². The molecule has 8 heteroatoms. The minimum absolute atomic E-state index is 0.0380. The number of carbonyl (C=O) groups is 2. The second-order valence-corrected chi connectivity index (χ2v) is 8.38. The summed E-state index contributed by atoms with van der Waals surface area (Å²) < 4.78 is 16.0. The molecule has 7 nitrogen and oxygen atoms in total. The Hall–Kier alpha value is -3.32. The zero-order valence-corrected chi connectivity index (χ0v) is 19.5. The Morgan fingerprint density at radius 1 is 1.12 bits per heavy atom. The highest BCUT2D eigenvalue weighted by molar-refractivity contribution is 6.33. The number of esters is 1. The lowest BCUT2D eigenvalue weighted by molar-refractivity contribution is -0.137. The fourth-order valence-corrected chi connectivity index (χ4v) is 3.55. The maximum Gasteiger partial charge on any atom is 0.408 e. The van der Waals surface area contributed by atoms with E-state index in [0.29, 0.717) is 11.8 Å². The van der Waals surface area contributed by atoms with Crippen LogP contribution in [-0.2, 0) is 22.6 Å². The van der Waals surface area contributed by atoms with E-state index in [1.807, 2.05) is 37.3 Å². The van der Waals surface area contributed by atoms with Crippen LogP contribution in [0.5, 0.6) is 5.75 Å². The molecule has 2 aromatic carbocycles. The minimum Gasteiger partial charge on any atom is -0.445 e.